The first-order valence-electron chi connectivity index (χ1n) is 4.80. The summed E-state index contributed by atoms with van der Waals surface area (Å²) in [4.78, 5) is 25.9. The predicted octanol–water partition coefficient (Wildman–Crippen LogP) is 0.143. The number of aromatic nitrogens is 1. The van der Waals surface area contributed by atoms with Crippen LogP contribution in [0.3, 0.4) is 0 Å². The minimum Gasteiger partial charge on any atom is -0.361 e. The van der Waals surface area contributed by atoms with Crippen LogP contribution in [0.4, 0.5) is 0 Å². The third kappa shape index (κ3) is 2.82. The van der Waals surface area contributed by atoms with Gasteiger partial charge in [0.1, 0.15) is 5.76 Å². The number of rotatable bonds is 3. The molecule has 1 rings (SSSR count). The van der Waals surface area contributed by atoms with E-state index in [4.69, 9.17) is 4.52 Å². The van der Waals surface area contributed by atoms with Gasteiger partial charge in [0.2, 0.25) is 5.91 Å². The number of aryl methyl sites for hydroxylation is 1. The molecule has 0 saturated carbocycles. The lowest BCUT2D eigenvalue weighted by atomic mass is 10.3. The summed E-state index contributed by atoms with van der Waals surface area (Å²) in [7, 11) is 4.83. The first kappa shape index (κ1) is 12.2. The van der Waals surface area contributed by atoms with E-state index in [-0.39, 0.29) is 24.1 Å². The van der Waals surface area contributed by atoms with Gasteiger partial charge in [0.15, 0.2) is 5.69 Å². The molecule has 16 heavy (non-hydrogen) atoms. The Labute approximate surface area is 93.8 Å². The number of nitrogens with zero attached hydrogens (tertiary/aromatic N) is 3. The second-order valence-electron chi connectivity index (χ2n) is 3.77. The molecule has 0 aliphatic carbocycles. The molecule has 0 atom stereocenters. The molecule has 0 bridgehead atoms. The van der Waals surface area contributed by atoms with Crippen molar-refractivity contribution in [2.75, 3.05) is 27.7 Å². The molecular weight excluding hydrogens is 210 g/mol. The van der Waals surface area contributed by atoms with Gasteiger partial charge in [-0.1, -0.05) is 5.16 Å². The second kappa shape index (κ2) is 4.78. The number of amides is 2. The van der Waals surface area contributed by atoms with Crippen LogP contribution in [0.5, 0.6) is 0 Å². The zero-order chi connectivity index (χ0) is 12.3. The third-order valence-corrected chi connectivity index (χ3v) is 2.07. The lowest BCUT2D eigenvalue weighted by Crippen LogP contribution is -2.37. The van der Waals surface area contributed by atoms with Gasteiger partial charge in [-0.15, -0.1) is 0 Å². The van der Waals surface area contributed by atoms with Crippen molar-refractivity contribution in [1.82, 2.24) is 15.0 Å². The molecule has 6 nitrogen and oxygen atoms in total. The topological polar surface area (TPSA) is 66.7 Å². The Morgan fingerprint density at radius 2 is 2.00 bits per heavy atom. The van der Waals surface area contributed by atoms with Crippen LogP contribution in [-0.2, 0) is 4.79 Å². The number of carbonyl (C=O) groups is 2. The summed E-state index contributed by atoms with van der Waals surface area (Å²) < 4.78 is 4.80. The number of hydrogen-bond donors (Lipinski definition) is 0. The monoisotopic (exact) mass is 225 g/mol. The van der Waals surface area contributed by atoms with Gasteiger partial charge in [0.25, 0.3) is 5.91 Å². The molecule has 0 saturated heterocycles. The van der Waals surface area contributed by atoms with Crippen LogP contribution in [-0.4, -0.2) is 54.5 Å². The molecule has 2 amide bonds. The summed E-state index contributed by atoms with van der Waals surface area (Å²) in [5.74, 6) is 0.0961. The van der Waals surface area contributed by atoms with E-state index in [1.54, 1.807) is 34.1 Å². The van der Waals surface area contributed by atoms with Gasteiger partial charge in [0.05, 0.1) is 6.54 Å². The summed E-state index contributed by atoms with van der Waals surface area (Å²) in [5.41, 5.74) is 0.214. The molecule has 6 heteroatoms. The van der Waals surface area contributed by atoms with E-state index in [0.29, 0.717) is 5.76 Å². The molecule has 0 aliphatic heterocycles. The van der Waals surface area contributed by atoms with Crippen LogP contribution in [0, 0.1) is 6.92 Å². The standard InChI is InChI=1S/C10H15N3O3/c1-7-5-8(11-16-7)10(15)13(4)6-9(14)12(2)3/h5H,6H2,1-4H3. The van der Waals surface area contributed by atoms with Gasteiger partial charge in [-0.3, -0.25) is 9.59 Å². The number of likely N-dealkylation sites (N-methyl/N-ethyl adjacent to an activating group) is 2. The van der Waals surface area contributed by atoms with Crippen LogP contribution in [0.1, 0.15) is 16.2 Å². The smallest absolute Gasteiger partial charge is 0.276 e. The van der Waals surface area contributed by atoms with E-state index < -0.39 is 0 Å². The molecule has 0 fully saturated rings. The zero-order valence-electron chi connectivity index (χ0n) is 9.85. The van der Waals surface area contributed by atoms with Crippen molar-refractivity contribution in [3.63, 3.8) is 0 Å². The summed E-state index contributed by atoms with van der Waals surface area (Å²) >= 11 is 0. The first-order chi connectivity index (χ1) is 7.41. The average Bonchev–Trinajstić information content (AvgIpc) is 2.63. The molecule has 0 aliphatic rings. The van der Waals surface area contributed by atoms with E-state index in [1.807, 2.05) is 0 Å². The van der Waals surface area contributed by atoms with Crippen LogP contribution >= 0.6 is 0 Å². The second-order valence-corrected chi connectivity index (χ2v) is 3.77. The maximum Gasteiger partial charge on any atom is 0.276 e. The molecule has 1 aromatic rings. The van der Waals surface area contributed by atoms with Crippen molar-refractivity contribution in [2.24, 2.45) is 0 Å². The highest BCUT2D eigenvalue weighted by Crippen LogP contribution is 2.04. The Morgan fingerprint density at radius 1 is 1.38 bits per heavy atom. The molecule has 1 aromatic heterocycles. The van der Waals surface area contributed by atoms with Gasteiger partial charge < -0.3 is 14.3 Å². The maximum absolute atomic E-state index is 11.7. The molecule has 0 radical (unpaired) electrons. The SMILES string of the molecule is Cc1cc(C(=O)N(C)CC(=O)N(C)C)no1. The van der Waals surface area contributed by atoms with E-state index in [2.05, 4.69) is 5.16 Å². The third-order valence-electron chi connectivity index (χ3n) is 2.07. The van der Waals surface area contributed by atoms with Crippen LogP contribution in [0.15, 0.2) is 10.6 Å². The Morgan fingerprint density at radius 3 is 2.44 bits per heavy atom. The zero-order valence-corrected chi connectivity index (χ0v) is 9.85. The fourth-order valence-electron chi connectivity index (χ4n) is 1.08. The van der Waals surface area contributed by atoms with Gasteiger partial charge in [-0.2, -0.15) is 0 Å². The number of carbonyl (C=O) groups excluding carboxylic acids is 2. The minimum absolute atomic E-state index is 0.0255. The molecule has 0 unspecified atom stereocenters. The summed E-state index contributed by atoms with van der Waals surface area (Å²) in [5, 5.41) is 3.60. The van der Waals surface area contributed by atoms with Crippen LogP contribution < -0.4 is 0 Å². The van der Waals surface area contributed by atoms with Crippen LogP contribution in [0.2, 0.25) is 0 Å². The maximum atomic E-state index is 11.7. The highest BCUT2D eigenvalue weighted by molar-refractivity contribution is 5.94. The van der Waals surface area contributed by atoms with Gasteiger partial charge in [0, 0.05) is 27.2 Å². The predicted molar refractivity (Wildman–Crippen MR) is 56.9 cm³/mol. The lowest BCUT2D eigenvalue weighted by molar-refractivity contribution is -0.129. The highest BCUT2D eigenvalue weighted by atomic mass is 16.5. The summed E-state index contributed by atoms with van der Waals surface area (Å²) in [6.07, 6.45) is 0. The van der Waals surface area contributed by atoms with Gasteiger partial charge in [-0.05, 0) is 6.92 Å². The van der Waals surface area contributed by atoms with Gasteiger partial charge in [-0.25, -0.2) is 0 Å². The lowest BCUT2D eigenvalue weighted by Gasteiger charge is -2.17. The Kier molecular flexibility index (Phi) is 3.65. The van der Waals surface area contributed by atoms with E-state index in [1.165, 1.54) is 9.80 Å². The van der Waals surface area contributed by atoms with Crippen molar-refractivity contribution < 1.29 is 14.1 Å². The average molecular weight is 225 g/mol. The fraction of sp³-hybridized carbons (Fsp3) is 0.500. The normalized spacial score (nSPS) is 10.0. The molecule has 0 spiro atoms. The van der Waals surface area contributed by atoms with E-state index >= 15 is 0 Å². The summed E-state index contributed by atoms with van der Waals surface area (Å²) in [6.45, 7) is 1.73. The Hall–Kier alpha value is -1.85. The van der Waals surface area contributed by atoms with Crippen molar-refractivity contribution >= 4 is 11.8 Å². The van der Waals surface area contributed by atoms with Crippen molar-refractivity contribution in [3.8, 4) is 0 Å². The number of hydrogen-bond acceptors (Lipinski definition) is 4. The Balaban J connectivity index is 2.65. The fourth-order valence-corrected chi connectivity index (χ4v) is 1.08. The van der Waals surface area contributed by atoms with Crippen molar-refractivity contribution in [3.05, 3.63) is 17.5 Å². The molecule has 88 valence electrons. The van der Waals surface area contributed by atoms with E-state index in [9.17, 15) is 9.59 Å². The van der Waals surface area contributed by atoms with Gasteiger partial charge >= 0.3 is 0 Å². The molecule has 0 aromatic carbocycles. The quantitative estimate of drug-likeness (QED) is 0.734. The molecule has 1 heterocycles. The Bertz CT molecular complexity index is 398. The first-order valence-corrected chi connectivity index (χ1v) is 4.80. The largest absolute Gasteiger partial charge is 0.361 e. The minimum atomic E-state index is -0.327. The molecule has 0 N–H and O–H groups in total. The van der Waals surface area contributed by atoms with Crippen molar-refractivity contribution in [2.45, 2.75) is 6.92 Å². The van der Waals surface area contributed by atoms with E-state index in [0.717, 1.165) is 0 Å². The van der Waals surface area contributed by atoms with Crippen LogP contribution in [0.25, 0.3) is 0 Å². The van der Waals surface area contributed by atoms with Crippen molar-refractivity contribution in [1.29, 1.82) is 0 Å². The molecular formula is C10H15N3O3. The summed E-state index contributed by atoms with van der Waals surface area (Å²) in [6, 6.07) is 1.54. The highest BCUT2D eigenvalue weighted by Gasteiger charge is 2.18.